The first-order chi connectivity index (χ1) is 10.2. The number of aliphatic hydroxyl groups excluding tert-OH is 1. The fourth-order valence-corrected chi connectivity index (χ4v) is 2.91. The van der Waals surface area contributed by atoms with Gasteiger partial charge in [0, 0.05) is 19.3 Å². The Kier molecular flexibility index (Phi) is 7.96. The number of aliphatic hydroxyl groups is 1. The Morgan fingerprint density at radius 3 is 1.67 bits per heavy atom. The quantitative estimate of drug-likeness (QED) is 0.818. The third-order valence-corrected chi connectivity index (χ3v) is 4.32. The molecule has 2 saturated heterocycles. The molecule has 0 aromatic heterocycles. The van der Waals surface area contributed by atoms with Crippen LogP contribution in [0.3, 0.4) is 0 Å². The summed E-state index contributed by atoms with van der Waals surface area (Å²) in [5, 5.41) is 8.97. The van der Waals surface area contributed by atoms with Gasteiger partial charge in [0.1, 0.15) is 0 Å². The van der Waals surface area contributed by atoms with Gasteiger partial charge in [-0.25, -0.2) is 0 Å². The summed E-state index contributed by atoms with van der Waals surface area (Å²) in [6.45, 7) is 1.69. The van der Waals surface area contributed by atoms with Crippen LogP contribution >= 0.6 is 0 Å². The molecule has 5 nitrogen and oxygen atoms in total. The number of hydrogen-bond acceptors (Lipinski definition) is 5. The predicted octanol–water partition coefficient (Wildman–Crippen LogP) is 2.30. The fraction of sp³-hybridized carbons (Fsp3) is 1.00. The first-order valence-corrected chi connectivity index (χ1v) is 8.56. The summed E-state index contributed by atoms with van der Waals surface area (Å²) in [5.41, 5.74) is 5.59. The maximum absolute atomic E-state index is 8.97. The van der Waals surface area contributed by atoms with Crippen molar-refractivity contribution in [3.63, 3.8) is 0 Å². The second-order valence-corrected chi connectivity index (χ2v) is 6.30. The standard InChI is InChI=1S/C10H18O3.C6H13NO/c1-3-7-11-9(5-1)13-10-6-2-4-8-12-10;7-5-1-3-6(8)4-2-5/h9-10H,1-8H2;5-6,8H,1-4,7H2/t;5-,6-. The van der Waals surface area contributed by atoms with Gasteiger partial charge in [0.25, 0.3) is 0 Å². The SMILES string of the molecule is C1CCC(OC2CCCCO2)OC1.N[C@H]1CC[C@H](O)CC1. The number of rotatable bonds is 2. The van der Waals surface area contributed by atoms with E-state index in [0.717, 1.165) is 51.7 Å². The van der Waals surface area contributed by atoms with Gasteiger partial charge in [0.05, 0.1) is 6.10 Å². The van der Waals surface area contributed by atoms with Gasteiger partial charge >= 0.3 is 0 Å². The maximum Gasteiger partial charge on any atom is 0.160 e. The molecule has 0 aromatic carbocycles. The van der Waals surface area contributed by atoms with Gasteiger partial charge in [-0.15, -0.1) is 0 Å². The molecular weight excluding hydrogens is 270 g/mol. The highest BCUT2D eigenvalue weighted by molar-refractivity contribution is 4.72. The lowest BCUT2D eigenvalue weighted by Crippen LogP contribution is -2.31. The van der Waals surface area contributed by atoms with Crippen LogP contribution < -0.4 is 5.73 Å². The fourth-order valence-electron chi connectivity index (χ4n) is 2.91. The highest BCUT2D eigenvalue weighted by atomic mass is 16.8. The van der Waals surface area contributed by atoms with Crippen LogP contribution in [-0.2, 0) is 14.2 Å². The molecule has 1 aliphatic carbocycles. The summed E-state index contributed by atoms with van der Waals surface area (Å²) in [4.78, 5) is 0. The van der Waals surface area contributed by atoms with E-state index in [1.165, 1.54) is 25.7 Å². The molecule has 5 heteroatoms. The van der Waals surface area contributed by atoms with E-state index in [1.54, 1.807) is 0 Å². The average Bonchev–Trinajstić information content (AvgIpc) is 2.53. The molecule has 0 amide bonds. The minimum Gasteiger partial charge on any atom is -0.393 e. The summed E-state index contributed by atoms with van der Waals surface area (Å²) < 4.78 is 16.6. The van der Waals surface area contributed by atoms with Gasteiger partial charge in [0.2, 0.25) is 0 Å². The Hall–Kier alpha value is -0.200. The summed E-state index contributed by atoms with van der Waals surface area (Å²) >= 11 is 0. The average molecular weight is 301 g/mol. The molecule has 0 radical (unpaired) electrons. The second kappa shape index (κ2) is 9.74. The molecule has 0 bridgehead atoms. The van der Waals surface area contributed by atoms with E-state index < -0.39 is 0 Å². The van der Waals surface area contributed by atoms with Crippen molar-refractivity contribution in [3.05, 3.63) is 0 Å². The molecular formula is C16H31NO4. The topological polar surface area (TPSA) is 73.9 Å². The van der Waals surface area contributed by atoms with Crippen molar-refractivity contribution in [2.24, 2.45) is 5.73 Å². The van der Waals surface area contributed by atoms with Gasteiger partial charge in [-0.1, -0.05) is 0 Å². The molecule has 3 fully saturated rings. The van der Waals surface area contributed by atoms with Gasteiger partial charge in [-0.2, -0.15) is 0 Å². The van der Waals surface area contributed by atoms with E-state index in [-0.39, 0.29) is 18.7 Å². The van der Waals surface area contributed by atoms with E-state index in [9.17, 15) is 0 Å². The molecule has 3 aliphatic rings. The highest BCUT2D eigenvalue weighted by Gasteiger charge is 2.21. The minimum atomic E-state index is -0.0604. The monoisotopic (exact) mass is 301 g/mol. The van der Waals surface area contributed by atoms with Crippen LogP contribution in [0.5, 0.6) is 0 Å². The van der Waals surface area contributed by atoms with Gasteiger partial charge in [-0.05, 0) is 64.2 Å². The molecule has 2 unspecified atom stereocenters. The molecule has 1 saturated carbocycles. The van der Waals surface area contributed by atoms with Gasteiger partial charge in [0.15, 0.2) is 12.6 Å². The lowest BCUT2D eigenvalue weighted by molar-refractivity contribution is -0.264. The minimum absolute atomic E-state index is 0.00292. The number of hydrogen-bond donors (Lipinski definition) is 2. The zero-order chi connectivity index (χ0) is 14.9. The van der Waals surface area contributed by atoms with Crippen molar-refractivity contribution in [3.8, 4) is 0 Å². The molecule has 21 heavy (non-hydrogen) atoms. The maximum atomic E-state index is 8.97. The summed E-state index contributed by atoms with van der Waals surface area (Å²) in [5.74, 6) is 0. The smallest absolute Gasteiger partial charge is 0.160 e. The van der Waals surface area contributed by atoms with E-state index in [4.69, 9.17) is 25.1 Å². The molecule has 0 aromatic rings. The van der Waals surface area contributed by atoms with Crippen LogP contribution in [0.1, 0.15) is 64.2 Å². The lowest BCUT2D eigenvalue weighted by atomic mass is 9.94. The van der Waals surface area contributed by atoms with Gasteiger partial charge in [-0.3, -0.25) is 0 Å². The van der Waals surface area contributed by atoms with E-state index >= 15 is 0 Å². The van der Waals surface area contributed by atoms with Crippen molar-refractivity contribution >= 4 is 0 Å². The zero-order valence-corrected chi connectivity index (χ0v) is 13.0. The van der Waals surface area contributed by atoms with Crippen LogP contribution in [0.15, 0.2) is 0 Å². The van der Waals surface area contributed by atoms with Crippen LogP contribution in [0.25, 0.3) is 0 Å². The van der Waals surface area contributed by atoms with Crippen molar-refractivity contribution in [1.82, 2.24) is 0 Å². The second-order valence-electron chi connectivity index (χ2n) is 6.30. The Morgan fingerprint density at radius 1 is 0.762 bits per heavy atom. The first kappa shape index (κ1) is 17.2. The normalized spacial score (nSPS) is 37.4. The van der Waals surface area contributed by atoms with Crippen LogP contribution in [0.4, 0.5) is 0 Å². The van der Waals surface area contributed by atoms with Crippen LogP contribution in [0, 0.1) is 0 Å². The molecule has 3 N–H and O–H groups in total. The van der Waals surface area contributed by atoms with E-state index in [0.29, 0.717) is 6.04 Å². The predicted molar refractivity (Wildman–Crippen MR) is 80.7 cm³/mol. The molecule has 0 spiro atoms. The van der Waals surface area contributed by atoms with Crippen LogP contribution in [0.2, 0.25) is 0 Å². The van der Waals surface area contributed by atoms with E-state index in [1.807, 2.05) is 0 Å². The van der Waals surface area contributed by atoms with E-state index in [2.05, 4.69) is 0 Å². The Morgan fingerprint density at radius 2 is 1.29 bits per heavy atom. The third kappa shape index (κ3) is 7.06. The Balaban J connectivity index is 0.000000173. The summed E-state index contributed by atoms with van der Waals surface area (Å²) in [6, 6.07) is 0.360. The summed E-state index contributed by atoms with van der Waals surface area (Å²) in [6.07, 6.45) is 10.6. The highest BCUT2D eigenvalue weighted by Crippen LogP contribution is 2.20. The number of ether oxygens (including phenoxy) is 3. The van der Waals surface area contributed by atoms with Crippen molar-refractivity contribution in [2.75, 3.05) is 13.2 Å². The van der Waals surface area contributed by atoms with Crippen molar-refractivity contribution < 1.29 is 19.3 Å². The Bertz CT molecular complexity index is 231. The van der Waals surface area contributed by atoms with Crippen LogP contribution in [-0.4, -0.2) is 43.0 Å². The molecule has 2 heterocycles. The molecule has 3 rings (SSSR count). The van der Waals surface area contributed by atoms with Crippen molar-refractivity contribution in [2.45, 2.75) is 88.9 Å². The third-order valence-electron chi connectivity index (χ3n) is 4.32. The zero-order valence-electron chi connectivity index (χ0n) is 13.0. The van der Waals surface area contributed by atoms with Crippen molar-refractivity contribution in [1.29, 1.82) is 0 Å². The number of nitrogens with two attached hydrogens (primary N) is 1. The Labute approximate surface area is 128 Å². The molecule has 124 valence electrons. The summed E-state index contributed by atoms with van der Waals surface area (Å²) in [7, 11) is 0. The lowest BCUT2D eigenvalue weighted by Gasteiger charge is -2.29. The van der Waals surface area contributed by atoms with Gasteiger partial charge < -0.3 is 25.1 Å². The largest absolute Gasteiger partial charge is 0.393 e. The molecule has 2 aliphatic heterocycles. The first-order valence-electron chi connectivity index (χ1n) is 8.56. The molecule has 2 atom stereocenters.